The monoisotopic (exact) mass is 363 g/mol. The van der Waals surface area contributed by atoms with E-state index in [0.29, 0.717) is 17.8 Å². The number of rotatable bonds is 5. The fourth-order valence-electron chi connectivity index (χ4n) is 3.88. The third kappa shape index (κ3) is 3.37. The molecule has 6 nitrogen and oxygen atoms in total. The van der Waals surface area contributed by atoms with Crippen LogP contribution in [0.3, 0.4) is 0 Å². The molecule has 1 aliphatic heterocycles. The molecule has 0 spiro atoms. The first-order valence-electron chi connectivity index (χ1n) is 9.25. The lowest BCUT2D eigenvalue weighted by molar-refractivity contribution is 0.0546. The Morgan fingerprint density at radius 2 is 2.08 bits per heavy atom. The number of carbonyl (C=O) groups excluding carboxylic acids is 1. The summed E-state index contributed by atoms with van der Waals surface area (Å²) in [5, 5.41) is 3.70. The summed E-state index contributed by atoms with van der Waals surface area (Å²) in [6, 6.07) is 1.36. The maximum atomic E-state index is 12.7. The molecule has 2 aromatic heterocycles. The fourth-order valence-corrected chi connectivity index (χ4v) is 3.88. The summed E-state index contributed by atoms with van der Waals surface area (Å²) in [5.74, 6) is 1.67. The number of halogens is 2. The van der Waals surface area contributed by atoms with Gasteiger partial charge in [0.25, 0.3) is 5.91 Å². The zero-order valence-corrected chi connectivity index (χ0v) is 14.6. The van der Waals surface area contributed by atoms with Gasteiger partial charge in [-0.3, -0.25) is 4.79 Å². The van der Waals surface area contributed by atoms with Crippen LogP contribution in [0.25, 0.3) is 0 Å². The lowest BCUT2D eigenvalue weighted by atomic mass is 9.85. The number of hydrogen-bond donors (Lipinski definition) is 0. The molecule has 0 bridgehead atoms. The van der Waals surface area contributed by atoms with Crippen LogP contribution >= 0.6 is 0 Å². The molecule has 4 rings (SSSR count). The molecule has 1 aliphatic carbocycles. The molecule has 2 aromatic rings. The zero-order chi connectivity index (χ0) is 18.1. The SMILES string of the molecule is O=C(c1ccn(C(F)F)n1)N1CCC[C@@H](c2nccn2CC2CCC2)C1. The third-order valence-electron chi connectivity index (χ3n) is 5.53. The molecule has 1 saturated carbocycles. The topological polar surface area (TPSA) is 56.0 Å². The molecule has 26 heavy (non-hydrogen) atoms. The van der Waals surface area contributed by atoms with Crippen LogP contribution in [0.5, 0.6) is 0 Å². The van der Waals surface area contributed by atoms with Crippen molar-refractivity contribution in [2.75, 3.05) is 13.1 Å². The second-order valence-electron chi connectivity index (χ2n) is 7.28. The molecule has 1 atom stereocenters. The summed E-state index contributed by atoms with van der Waals surface area (Å²) in [6.45, 7) is -0.550. The van der Waals surface area contributed by atoms with Crippen molar-refractivity contribution >= 4 is 5.91 Å². The molecule has 8 heteroatoms. The number of hydrogen-bond acceptors (Lipinski definition) is 3. The Bertz CT molecular complexity index is 767. The number of likely N-dealkylation sites (tertiary alicyclic amines) is 1. The number of nitrogens with zero attached hydrogens (tertiary/aromatic N) is 5. The van der Waals surface area contributed by atoms with E-state index in [1.807, 2.05) is 12.4 Å². The highest BCUT2D eigenvalue weighted by Crippen LogP contribution is 2.31. The molecule has 1 amide bonds. The van der Waals surface area contributed by atoms with E-state index in [0.717, 1.165) is 37.3 Å². The molecule has 2 aliphatic rings. The van der Waals surface area contributed by atoms with Gasteiger partial charge < -0.3 is 9.47 Å². The van der Waals surface area contributed by atoms with Gasteiger partial charge in [0.2, 0.25) is 0 Å². The van der Waals surface area contributed by atoms with Crippen molar-refractivity contribution < 1.29 is 13.6 Å². The lowest BCUT2D eigenvalue weighted by Gasteiger charge is -2.33. The Morgan fingerprint density at radius 3 is 2.77 bits per heavy atom. The molecule has 0 aromatic carbocycles. The van der Waals surface area contributed by atoms with Gasteiger partial charge in [-0.2, -0.15) is 13.9 Å². The number of piperidine rings is 1. The van der Waals surface area contributed by atoms with Gasteiger partial charge in [-0.15, -0.1) is 0 Å². The molecule has 0 radical (unpaired) electrons. The number of amides is 1. The minimum Gasteiger partial charge on any atom is -0.337 e. The summed E-state index contributed by atoms with van der Waals surface area (Å²) in [4.78, 5) is 18.9. The van der Waals surface area contributed by atoms with Crippen LogP contribution in [0.2, 0.25) is 0 Å². The molecular formula is C18H23F2N5O. The van der Waals surface area contributed by atoms with Gasteiger partial charge in [-0.1, -0.05) is 6.42 Å². The Kier molecular flexibility index (Phi) is 4.74. The molecule has 0 unspecified atom stereocenters. The van der Waals surface area contributed by atoms with Crippen LogP contribution < -0.4 is 0 Å². The smallest absolute Gasteiger partial charge is 0.333 e. The highest BCUT2D eigenvalue weighted by atomic mass is 19.3. The summed E-state index contributed by atoms with van der Waals surface area (Å²) < 4.78 is 28.1. The Morgan fingerprint density at radius 1 is 1.23 bits per heavy atom. The molecule has 140 valence electrons. The van der Waals surface area contributed by atoms with Crippen LogP contribution in [0.15, 0.2) is 24.7 Å². The predicted octanol–water partition coefficient (Wildman–Crippen LogP) is 3.29. The zero-order valence-electron chi connectivity index (χ0n) is 14.6. The number of imidazole rings is 1. The maximum Gasteiger partial charge on any atom is 0.333 e. The van der Waals surface area contributed by atoms with E-state index in [4.69, 9.17) is 0 Å². The van der Waals surface area contributed by atoms with Crippen LogP contribution in [0, 0.1) is 5.92 Å². The van der Waals surface area contributed by atoms with Crippen molar-refractivity contribution in [3.05, 3.63) is 36.2 Å². The van der Waals surface area contributed by atoms with Gasteiger partial charge in [0, 0.05) is 44.1 Å². The summed E-state index contributed by atoms with van der Waals surface area (Å²) in [5.41, 5.74) is 0.0729. The first kappa shape index (κ1) is 17.2. The van der Waals surface area contributed by atoms with Crippen LogP contribution in [-0.4, -0.2) is 43.2 Å². The second-order valence-corrected chi connectivity index (χ2v) is 7.28. The van der Waals surface area contributed by atoms with Crippen molar-refractivity contribution in [1.82, 2.24) is 24.2 Å². The van der Waals surface area contributed by atoms with E-state index in [-0.39, 0.29) is 17.5 Å². The number of carbonyl (C=O) groups is 1. The first-order valence-corrected chi connectivity index (χ1v) is 9.25. The average molecular weight is 363 g/mol. The largest absolute Gasteiger partial charge is 0.337 e. The van der Waals surface area contributed by atoms with Crippen LogP contribution in [-0.2, 0) is 6.54 Å². The van der Waals surface area contributed by atoms with E-state index >= 15 is 0 Å². The minimum atomic E-state index is -2.73. The van der Waals surface area contributed by atoms with Gasteiger partial charge >= 0.3 is 6.55 Å². The van der Waals surface area contributed by atoms with E-state index in [1.54, 1.807) is 4.90 Å². The molecule has 0 N–H and O–H groups in total. The Labute approximate surface area is 150 Å². The Hall–Kier alpha value is -2.25. The molecule has 2 fully saturated rings. The average Bonchev–Trinajstić information content (AvgIpc) is 3.27. The standard InChI is InChI=1S/C18H23F2N5O/c19-18(20)25-9-6-15(22-25)17(26)24-8-2-5-14(12-24)16-21-7-10-23(16)11-13-3-1-4-13/h6-7,9-10,13-14,18H,1-5,8,11-12H2/t14-/m1/s1. The summed E-state index contributed by atoms with van der Waals surface area (Å²) >= 11 is 0. The van der Waals surface area contributed by atoms with Gasteiger partial charge in [-0.25, -0.2) is 9.67 Å². The van der Waals surface area contributed by atoms with Crippen molar-refractivity contribution in [1.29, 1.82) is 0 Å². The number of alkyl halides is 2. The van der Waals surface area contributed by atoms with Crippen molar-refractivity contribution in [3.63, 3.8) is 0 Å². The van der Waals surface area contributed by atoms with Gasteiger partial charge in [0.05, 0.1) is 0 Å². The Balaban J connectivity index is 1.45. The summed E-state index contributed by atoms with van der Waals surface area (Å²) in [7, 11) is 0. The first-order chi connectivity index (χ1) is 12.6. The highest BCUT2D eigenvalue weighted by Gasteiger charge is 2.30. The summed E-state index contributed by atoms with van der Waals surface area (Å²) in [6.07, 6.45) is 10.7. The fraction of sp³-hybridized carbons (Fsp3) is 0.611. The maximum absolute atomic E-state index is 12.7. The minimum absolute atomic E-state index is 0.0729. The highest BCUT2D eigenvalue weighted by molar-refractivity contribution is 5.92. The van der Waals surface area contributed by atoms with E-state index in [9.17, 15) is 13.6 Å². The van der Waals surface area contributed by atoms with Crippen molar-refractivity contribution in [2.45, 2.75) is 51.1 Å². The van der Waals surface area contributed by atoms with Gasteiger partial charge in [0.1, 0.15) is 5.82 Å². The quantitative estimate of drug-likeness (QED) is 0.819. The van der Waals surface area contributed by atoms with E-state index < -0.39 is 6.55 Å². The molecular weight excluding hydrogens is 340 g/mol. The van der Waals surface area contributed by atoms with Crippen molar-refractivity contribution in [2.24, 2.45) is 5.92 Å². The lowest BCUT2D eigenvalue weighted by Crippen LogP contribution is -2.40. The molecule has 1 saturated heterocycles. The van der Waals surface area contributed by atoms with Gasteiger partial charge in [0.15, 0.2) is 5.69 Å². The second kappa shape index (κ2) is 7.17. The van der Waals surface area contributed by atoms with Gasteiger partial charge in [-0.05, 0) is 37.7 Å². The molecule has 3 heterocycles. The van der Waals surface area contributed by atoms with Crippen LogP contribution in [0.4, 0.5) is 8.78 Å². The van der Waals surface area contributed by atoms with E-state index in [2.05, 4.69) is 14.6 Å². The third-order valence-corrected chi connectivity index (χ3v) is 5.53. The van der Waals surface area contributed by atoms with E-state index in [1.165, 1.54) is 25.3 Å². The van der Waals surface area contributed by atoms with Crippen LogP contribution in [0.1, 0.15) is 60.9 Å². The normalized spacial score (nSPS) is 21.2. The predicted molar refractivity (Wildman–Crippen MR) is 90.9 cm³/mol. The van der Waals surface area contributed by atoms with Crippen molar-refractivity contribution in [3.8, 4) is 0 Å². The number of aromatic nitrogens is 4.